The Morgan fingerprint density at radius 1 is 1.11 bits per heavy atom. The Bertz CT molecular complexity index is 839. The molecule has 0 saturated heterocycles. The number of likely N-dealkylation sites (N-methyl/N-ethyl adjacent to an activating group) is 1. The normalized spacial score (nSPS) is 18.5. The van der Waals surface area contributed by atoms with Crippen LogP contribution in [0.25, 0.3) is 0 Å². The molecule has 4 heteroatoms. The van der Waals surface area contributed by atoms with E-state index in [0.29, 0.717) is 11.5 Å². The molecule has 0 spiro atoms. The third-order valence-electron chi connectivity index (χ3n) is 5.72. The highest BCUT2D eigenvalue weighted by Crippen LogP contribution is 2.30. The van der Waals surface area contributed by atoms with E-state index in [1.807, 2.05) is 54.4 Å². The van der Waals surface area contributed by atoms with Crippen molar-refractivity contribution >= 4 is 12.2 Å². The van der Waals surface area contributed by atoms with Crippen molar-refractivity contribution in [3.63, 3.8) is 0 Å². The second-order valence-corrected chi connectivity index (χ2v) is 7.74. The van der Waals surface area contributed by atoms with E-state index in [4.69, 9.17) is 4.74 Å². The first-order valence-electron chi connectivity index (χ1n) is 9.71. The maximum atomic E-state index is 12.9. The summed E-state index contributed by atoms with van der Waals surface area (Å²) in [6.45, 7) is 0.778. The number of benzene rings is 2. The van der Waals surface area contributed by atoms with Crippen LogP contribution in [0, 0.1) is 5.92 Å². The molecule has 0 N–H and O–H groups in total. The summed E-state index contributed by atoms with van der Waals surface area (Å²) < 4.78 is 5.75. The van der Waals surface area contributed by atoms with Gasteiger partial charge >= 0.3 is 0 Å². The molecule has 0 radical (unpaired) electrons. The molecule has 4 rings (SSSR count). The van der Waals surface area contributed by atoms with Crippen LogP contribution >= 0.6 is 0 Å². The molecule has 27 heavy (non-hydrogen) atoms. The van der Waals surface area contributed by atoms with Gasteiger partial charge in [-0.1, -0.05) is 12.1 Å². The zero-order valence-electron chi connectivity index (χ0n) is 15.7. The van der Waals surface area contributed by atoms with Gasteiger partial charge in [0.1, 0.15) is 12.0 Å². The summed E-state index contributed by atoms with van der Waals surface area (Å²) in [5.41, 5.74) is 3.88. The Morgan fingerprint density at radius 2 is 1.89 bits per heavy atom. The molecule has 0 bridgehead atoms. The number of carbonyl (C=O) groups is 2. The van der Waals surface area contributed by atoms with E-state index in [2.05, 4.69) is 0 Å². The summed E-state index contributed by atoms with van der Waals surface area (Å²) in [6.07, 6.45) is 6.07. The van der Waals surface area contributed by atoms with Gasteiger partial charge in [-0.3, -0.25) is 9.59 Å². The molecule has 2 aromatic rings. The van der Waals surface area contributed by atoms with E-state index in [1.54, 1.807) is 0 Å². The molecule has 1 amide bonds. The first-order chi connectivity index (χ1) is 13.1. The Morgan fingerprint density at radius 3 is 2.59 bits per heavy atom. The third kappa shape index (κ3) is 4.05. The smallest absolute Gasteiger partial charge is 0.253 e. The molecule has 1 atom stereocenters. The number of carbonyl (C=O) groups excluding carboxylic acids is 2. The Labute approximate surface area is 160 Å². The van der Waals surface area contributed by atoms with Gasteiger partial charge in [-0.05, 0) is 79.5 Å². The lowest BCUT2D eigenvalue weighted by atomic mass is 9.86. The SMILES string of the molecule is CN(C(=O)c1ccc(OCC2CC2)cc1)[C@H]1CCc2cc(C=O)ccc2C1. The van der Waals surface area contributed by atoms with Crippen molar-refractivity contribution in [3.05, 3.63) is 64.7 Å². The number of hydrogen-bond donors (Lipinski definition) is 0. The van der Waals surface area contributed by atoms with Gasteiger partial charge in [-0.15, -0.1) is 0 Å². The fraction of sp³-hybridized carbons (Fsp3) is 0.391. The lowest BCUT2D eigenvalue weighted by molar-refractivity contribution is 0.0719. The van der Waals surface area contributed by atoms with E-state index >= 15 is 0 Å². The third-order valence-corrected chi connectivity index (χ3v) is 5.72. The maximum absolute atomic E-state index is 12.9. The standard InChI is InChI=1S/C23H25NO3/c1-24(21-9-6-19-12-17(14-25)4-5-20(19)13-21)23(26)18-7-10-22(11-8-18)27-15-16-2-3-16/h4-5,7-8,10-12,14,16,21H,2-3,6,9,13,15H2,1H3/t21-/m0/s1. The van der Waals surface area contributed by atoms with Crippen LogP contribution in [0.5, 0.6) is 5.75 Å². The zero-order valence-corrected chi connectivity index (χ0v) is 15.7. The minimum Gasteiger partial charge on any atom is -0.493 e. The fourth-order valence-corrected chi connectivity index (χ4v) is 3.72. The van der Waals surface area contributed by atoms with Gasteiger partial charge in [-0.25, -0.2) is 0 Å². The van der Waals surface area contributed by atoms with Gasteiger partial charge in [0, 0.05) is 24.2 Å². The Balaban J connectivity index is 1.40. The molecule has 1 saturated carbocycles. The minimum absolute atomic E-state index is 0.0432. The van der Waals surface area contributed by atoms with E-state index in [-0.39, 0.29) is 11.9 Å². The van der Waals surface area contributed by atoms with Crippen LogP contribution in [0.2, 0.25) is 0 Å². The number of fused-ring (bicyclic) bond motifs is 1. The van der Waals surface area contributed by atoms with Crippen molar-refractivity contribution in [1.29, 1.82) is 0 Å². The lowest BCUT2D eigenvalue weighted by Crippen LogP contribution is -2.40. The molecule has 1 fully saturated rings. The summed E-state index contributed by atoms with van der Waals surface area (Å²) in [4.78, 5) is 25.7. The van der Waals surface area contributed by atoms with Gasteiger partial charge in [0.05, 0.1) is 6.61 Å². The number of ether oxygens (including phenoxy) is 1. The summed E-state index contributed by atoms with van der Waals surface area (Å²) in [5, 5.41) is 0. The maximum Gasteiger partial charge on any atom is 0.253 e. The average molecular weight is 363 g/mol. The van der Waals surface area contributed by atoms with Gasteiger partial charge in [-0.2, -0.15) is 0 Å². The van der Waals surface area contributed by atoms with Crippen molar-refractivity contribution in [2.24, 2.45) is 5.92 Å². The van der Waals surface area contributed by atoms with Gasteiger partial charge in [0.15, 0.2) is 0 Å². The lowest BCUT2D eigenvalue weighted by Gasteiger charge is -2.32. The number of aldehydes is 1. The molecule has 2 aliphatic carbocycles. The number of rotatable bonds is 6. The van der Waals surface area contributed by atoms with E-state index in [9.17, 15) is 9.59 Å². The van der Waals surface area contributed by atoms with Crippen molar-refractivity contribution in [3.8, 4) is 5.75 Å². The van der Waals surface area contributed by atoms with Crippen LogP contribution in [0.4, 0.5) is 0 Å². The largest absolute Gasteiger partial charge is 0.493 e. The van der Waals surface area contributed by atoms with Crippen LogP contribution in [-0.4, -0.2) is 36.8 Å². The van der Waals surface area contributed by atoms with Gasteiger partial charge in [0.25, 0.3) is 5.91 Å². The number of nitrogens with zero attached hydrogens (tertiary/aromatic N) is 1. The van der Waals surface area contributed by atoms with Gasteiger partial charge < -0.3 is 9.64 Å². The second-order valence-electron chi connectivity index (χ2n) is 7.74. The van der Waals surface area contributed by atoms with Crippen molar-refractivity contribution < 1.29 is 14.3 Å². The molecule has 2 aromatic carbocycles. The summed E-state index contributed by atoms with van der Waals surface area (Å²) in [5.74, 6) is 1.59. The predicted molar refractivity (Wildman–Crippen MR) is 104 cm³/mol. The van der Waals surface area contributed by atoms with Crippen molar-refractivity contribution in [1.82, 2.24) is 4.90 Å². The van der Waals surface area contributed by atoms with E-state index < -0.39 is 0 Å². The Kier molecular flexibility index (Phi) is 4.97. The molecular weight excluding hydrogens is 338 g/mol. The van der Waals surface area contributed by atoms with Crippen molar-refractivity contribution in [2.45, 2.75) is 38.1 Å². The first kappa shape index (κ1) is 17.8. The molecular formula is C23H25NO3. The molecule has 4 nitrogen and oxygen atoms in total. The van der Waals surface area contributed by atoms with Crippen LogP contribution in [0.15, 0.2) is 42.5 Å². The highest BCUT2D eigenvalue weighted by atomic mass is 16.5. The number of aryl methyl sites for hydroxylation is 1. The molecule has 0 unspecified atom stereocenters. The minimum atomic E-state index is 0.0432. The summed E-state index contributed by atoms with van der Waals surface area (Å²) in [7, 11) is 1.88. The summed E-state index contributed by atoms with van der Waals surface area (Å²) >= 11 is 0. The highest BCUT2D eigenvalue weighted by Gasteiger charge is 2.26. The number of hydrogen-bond acceptors (Lipinski definition) is 3. The molecule has 0 aliphatic heterocycles. The Hall–Kier alpha value is -2.62. The van der Waals surface area contributed by atoms with E-state index in [0.717, 1.165) is 43.5 Å². The first-order valence-corrected chi connectivity index (χ1v) is 9.71. The second kappa shape index (κ2) is 7.55. The molecule has 140 valence electrons. The van der Waals surface area contributed by atoms with Crippen LogP contribution in [0.1, 0.15) is 51.1 Å². The van der Waals surface area contributed by atoms with Crippen molar-refractivity contribution in [2.75, 3.05) is 13.7 Å². The van der Waals surface area contributed by atoms with Crippen LogP contribution < -0.4 is 4.74 Å². The fourth-order valence-electron chi connectivity index (χ4n) is 3.72. The topological polar surface area (TPSA) is 46.6 Å². The predicted octanol–water partition coefficient (Wildman–Crippen LogP) is 3.92. The molecule has 0 aromatic heterocycles. The average Bonchev–Trinajstić information content (AvgIpc) is 3.55. The number of amides is 1. The highest BCUT2D eigenvalue weighted by molar-refractivity contribution is 5.94. The van der Waals surface area contributed by atoms with Crippen LogP contribution in [-0.2, 0) is 12.8 Å². The van der Waals surface area contributed by atoms with Gasteiger partial charge in [0.2, 0.25) is 0 Å². The van der Waals surface area contributed by atoms with Crippen LogP contribution in [0.3, 0.4) is 0 Å². The summed E-state index contributed by atoms with van der Waals surface area (Å²) in [6, 6.07) is 13.5. The molecule has 0 heterocycles. The monoisotopic (exact) mass is 363 g/mol. The quantitative estimate of drug-likeness (QED) is 0.731. The van der Waals surface area contributed by atoms with E-state index in [1.165, 1.54) is 24.0 Å². The molecule has 2 aliphatic rings. The zero-order chi connectivity index (χ0) is 18.8.